The minimum atomic E-state index is -0.598. The Hall–Kier alpha value is -3.01. The number of aromatic amines is 1. The summed E-state index contributed by atoms with van der Waals surface area (Å²) < 4.78 is 5.09. The van der Waals surface area contributed by atoms with Gasteiger partial charge in [0.15, 0.2) is 5.69 Å². The Balaban J connectivity index is 1.77. The number of hydrogen-bond donors (Lipinski definition) is 3. The van der Waals surface area contributed by atoms with E-state index in [2.05, 4.69) is 31.2 Å². The minimum absolute atomic E-state index is 0.0558. The van der Waals surface area contributed by atoms with Crippen molar-refractivity contribution in [2.24, 2.45) is 0 Å². The first-order chi connectivity index (χ1) is 11.1. The van der Waals surface area contributed by atoms with E-state index in [0.717, 1.165) is 5.01 Å². The third-order valence-electron chi connectivity index (χ3n) is 3.00. The summed E-state index contributed by atoms with van der Waals surface area (Å²) in [6.07, 6.45) is 2.75. The van der Waals surface area contributed by atoms with Gasteiger partial charge in [-0.15, -0.1) is 11.3 Å². The first-order valence-electron chi connectivity index (χ1n) is 6.54. The Morgan fingerprint density at radius 1 is 1.26 bits per heavy atom. The van der Waals surface area contributed by atoms with Gasteiger partial charge < -0.3 is 4.52 Å². The van der Waals surface area contributed by atoms with E-state index in [9.17, 15) is 9.59 Å². The average Bonchev–Trinajstić information content (AvgIpc) is 3.25. The number of H-pyrrole nitrogens is 1. The molecule has 3 aromatic rings. The monoisotopic (exact) mass is 332 g/mol. The highest BCUT2D eigenvalue weighted by Gasteiger charge is 2.23. The fraction of sp³-hybridized carbons (Fsp3) is 0.154. The van der Waals surface area contributed by atoms with Crippen molar-refractivity contribution >= 4 is 23.2 Å². The van der Waals surface area contributed by atoms with Gasteiger partial charge >= 0.3 is 0 Å². The summed E-state index contributed by atoms with van der Waals surface area (Å²) in [5, 5.41) is 12.6. The van der Waals surface area contributed by atoms with Crippen LogP contribution in [0.4, 0.5) is 0 Å². The molecule has 0 saturated heterocycles. The molecule has 3 heterocycles. The summed E-state index contributed by atoms with van der Waals surface area (Å²) in [6.45, 7) is 3.56. The van der Waals surface area contributed by atoms with E-state index in [1.54, 1.807) is 6.92 Å². The molecule has 0 radical (unpaired) electrons. The number of rotatable bonds is 3. The number of carbonyl (C=O) groups excluding carboxylic acids is 2. The number of nitrogens with one attached hydrogen (secondary N) is 3. The van der Waals surface area contributed by atoms with Crippen LogP contribution in [-0.2, 0) is 0 Å². The third-order valence-corrected chi connectivity index (χ3v) is 3.78. The van der Waals surface area contributed by atoms with Crippen LogP contribution in [0.5, 0.6) is 0 Å². The lowest BCUT2D eigenvalue weighted by atomic mass is 10.1. The number of hydrogen-bond acceptors (Lipinski definition) is 7. The molecule has 0 aliphatic carbocycles. The fourth-order valence-corrected chi connectivity index (χ4v) is 2.53. The van der Waals surface area contributed by atoms with Crippen LogP contribution in [0, 0.1) is 13.8 Å². The van der Waals surface area contributed by atoms with E-state index in [0.29, 0.717) is 17.0 Å². The molecular formula is C13H12N6O3S. The maximum Gasteiger partial charge on any atom is 0.292 e. The van der Waals surface area contributed by atoms with Gasteiger partial charge in [0.2, 0.25) is 0 Å². The number of aromatic nitrogens is 4. The molecule has 0 fully saturated rings. The summed E-state index contributed by atoms with van der Waals surface area (Å²) in [5.41, 5.74) is 6.03. The van der Waals surface area contributed by atoms with Crippen LogP contribution in [0.2, 0.25) is 0 Å². The van der Waals surface area contributed by atoms with Crippen LogP contribution in [0.3, 0.4) is 0 Å². The molecule has 3 rings (SSSR count). The average molecular weight is 332 g/mol. The number of nitrogens with zero attached hydrogens (tertiary/aromatic N) is 3. The maximum atomic E-state index is 12.2. The lowest BCUT2D eigenvalue weighted by molar-refractivity contribution is 0.0842. The molecule has 3 aromatic heterocycles. The topological polar surface area (TPSA) is 126 Å². The highest BCUT2D eigenvalue weighted by molar-refractivity contribution is 7.09. The van der Waals surface area contributed by atoms with Crippen LogP contribution in [-0.4, -0.2) is 32.2 Å². The molecule has 0 aliphatic heterocycles. The second-order valence-corrected chi connectivity index (χ2v) is 5.67. The van der Waals surface area contributed by atoms with Crippen LogP contribution in [0.1, 0.15) is 31.6 Å². The van der Waals surface area contributed by atoms with Crippen LogP contribution in [0.15, 0.2) is 22.3 Å². The molecule has 0 atom stereocenters. The first kappa shape index (κ1) is 14.9. The van der Waals surface area contributed by atoms with E-state index in [4.69, 9.17) is 4.52 Å². The van der Waals surface area contributed by atoms with Crippen LogP contribution in [0.25, 0.3) is 11.3 Å². The lowest BCUT2D eigenvalue weighted by Gasteiger charge is -2.05. The van der Waals surface area contributed by atoms with Gasteiger partial charge in [-0.1, -0.05) is 5.16 Å². The lowest BCUT2D eigenvalue weighted by Crippen LogP contribution is -2.41. The Kier molecular flexibility index (Phi) is 3.89. The standard InChI is InChI=1S/C13H12N6O3S/c1-6-10(9-5-23-7(2)16-9)11(19-22-6)13(21)18-17-12(20)8-3-14-15-4-8/h3-5H,1-2H3,(H,14,15)(H,17,20)(H,18,21). The van der Waals surface area contributed by atoms with Crippen molar-refractivity contribution < 1.29 is 14.1 Å². The molecule has 23 heavy (non-hydrogen) atoms. The molecule has 118 valence electrons. The third kappa shape index (κ3) is 2.97. The van der Waals surface area contributed by atoms with E-state index in [1.165, 1.54) is 23.7 Å². The zero-order chi connectivity index (χ0) is 16.4. The van der Waals surface area contributed by atoms with E-state index in [1.807, 2.05) is 12.3 Å². The van der Waals surface area contributed by atoms with Crippen LogP contribution >= 0.6 is 11.3 Å². The molecule has 10 heteroatoms. The smallest absolute Gasteiger partial charge is 0.292 e. The molecule has 3 N–H and O–H groups in total. The van der Waals surface area contributed by atoms with Gasteiger partial charge in [-0.25, -0.2) is 4.98 Å². The largest absolute Gasteiger partial charge is 0.360 e. The van der Waals surface area contributed by atoms with E-state index >= 15 is 0 Å². The highest BCUT2D eigenvalue weighted by atomic mass is 32.1. The van der Waals surface area contributed by atoms with Gasteiger partial charge in [0.1, 0.15) is 5.76 Å². The predicted octanol–water partition coefficient (Wildman–Crippen LogP) is 1.21. The molecule has 0 bridgehead atoms. The van der Waals surface area contributed by atoms with Gasteiger partial charge in [-0.05, 0) is 13.8 Å². The van der Waals surface area contributed by atoms with Gasteiger partial charge in [-0.3, -0.25) is 25.5 Å². The van der Waals surface area contributed by atoms with Gasteiger partial charge in [0, 0.05) is 11.6 Å². The molecular weight excluding hydrogens is 320 g/mol. The van der Waals surface area contributed by atoms with Gasteiger partial charge in [0.05, 0.1) is 28.0 Å². The molecule has 9 nitrogen and oxygen atoms in total. The Morgan fingerprint density at radius 2 is 2.04 bits per heavy atom. The quantitative estimate of drug-likeness (QED) is 0.619. The molecule has 2 amide bonds. The number of hydrazine groups is 1. The zero-order valence-corrected chi connectivity index (χ0v) is 13.0. The van der Waals surface area contributed by atoms with Crippen molar-refractivity contribution in [3.63, 3.8) is 0 Å². The predicted molar refractivity (Wildman–Crippen MR) is 80.6 cm³/mol. The second-order valence-electron chi connectivity index (χ2n) is 4.61. The summed E-state index contributed by atoms with van der Waals surface area (Å²) >= 11 is 1.46. The molecule has 0 aromatic carbocycles. The SMILES string of the molecule is Cc1nc(-c2c(C(=O)NNC(=O)c3cn[nH]c3)noc2C)cs1. The second kappa shape index (κ2) is 6.01. The van der Waals surface area contributed by atoms with Crippen LogP contribution < -0.4 is 10.9 Å². The normalized spacial score (nSPS) is 10.5. The molecule has 0 unspecified atom stereocenters. The minimum Gasteiger partial charge on any atom is -0.360 e. The summed E-state index contributed by atoms with van der Waals surface area (Å²) in [4.78, 5) is 28.3. The zero-order valence-electron chi connectivity index (χ0n) is 12.2. The van der Waals surface area contributed by atoms with Crippen molar-refractivity contribution in [2.45, 2.75) is 13.8 Å². The van der Waals surface area contributed by atoms with E-state index < -0.39 is 11.8 Å². The highest BCUT2D eigenvalue weighted by Crippen LogP contribution is 2.28. The molecule has 0 saturated carbocycles. The summed E-state index contributed by atoms with van der Waals surface area (Å²) in [6, 6.07) is 0. The Morgan fingerprint density at radius 3 is 2.70 bits per heavy atom. The number of amides is 2. The van der Waals surface area contributed by atoms with Crippen molar-refractivity contribution in [3.05, 3.63) is 39.8 Å². The molecule has 0 aliphatic rings. The number of carbonyl (C=O) groups is 2. The van der Waals surface area contributed by atoms with Crippen molar-refractivity contribution in [2.75, 3.05) is 0 Å². The van der Waals surface area contributed by atoms with Gasteiger partial charge in [0.25, 0.3) is 11.8 Å². The Bertz CT molecular complexity index is 851. The van der Waals surface area contributed by atoms with E-state index in [-0.39, 0.29) is 11.3 Å². The van der Waals surface area contributed by atoms with Crippen molar-refractivity contribution in [3.8, 4) is 11.3 Å². The van der Waals surface area contributed by atoms with Gasteiger partial charge in [-0.2, -0.15) is 5.10 Å². The maximum absolute atomic E-state index is 12.2. The van der Waals surface area contributed by atoms with Crippen molar-refractivity contribution in [1.82, 2.24) is 31.2 Å². The number of thiazole rings is 1. The summed E-state index contributed by atoms with van der Waals surface area (Å²) in [7, 11) is 0. The molecule has 0 spiro atoms. The first-order valence-corrected chi connectivity index (χ1v) is 7.42. The van der Waals surface area contributed by atoms with Crippen molar-refractivity contribution in [1.29, 1.82) is 0 Å². The number of aryl methyl sites for hydroxylation is 2. The Labute approximate surface area is 134 Å². The summed E-state index contributed by atoms with van der Waals surface area (Å²) in [5.74, 6) is -0.626. The fourth-order valence-electron chi connectivity index (χ4n) is 1.93.